The van der Waals surface area contributed by atoms with E-state index >= 15 is 0 Å². The van der Waals surface area contributed by atoms with Gasteiger partial charge in [-0.05, 0) is 195 Å². The highest BCUT2D eigenvalue weighted by Gasteiger charge is 2.53. The van der Waals surface area contributed by atoms with Crippen LogP contribution in [0.15, 0.2) is 61.6 Å². The van der Waals surface area contributed by atoms with Crippen molar-refractivity contribution in [2.45, 2.75) is 261 Å². The first-order valence-electron chi connectivity index (χ1n) is 41.7. The number of likely N-dealkylation sites (tertiary alicyclic amines) is 1. The molecule has 3 atom stereocenters. The summed E-state index contributed by atoms with van der Waals surface area (Å²) in [6.45, 7) is 22.1. The zero-order chi connectivity index (χ0) is 83.3. The monoisotopic (exact) mass is 1650 g/mol. The third-order valence-corrected chi connectivity index (χ3v) is 25.6. The highest BCUT2D eigenvalue weighted by molar-refractivity contribution is 5.89. The van der Waals surface area contributed by atoms with E-state index in [2.05, 4.69) is 85.7 Å². The Morgan fingerprint density at radius 2 is 0.992 bits per heavy atom. The fraction of sp³-hybridized carbons (Fsp3) is 0.679. The number of aliphatic hydroxyl groups excluding tert-OH is 2. The van der Waals surface area contributed by atoms with Gasteiger partial charge in [0.25, 0.3) is 0 Å². The average molecular weight is 1650 g/mol. The Morgan fingerprint density at radius 3 is 1.43 bits per heavy atom. The lowest BCUT2D eigenvalue weighted by atomic mass is 9.77. The van der Waals surface area contributed by atoms with Gasteiger partial charge in [-0.3, -0.25) is 23.7 Å². The largest absolute Gasteiger partial charge is 0.393 e. The predicted octanol–water partition coefficient (Wildman–Crippen LogP) is 12.5. The van der Waals surface area contributed by atoms with Crippen LogP contribution < -0.4 is 16.0 Å². The molecule has 4 aliphatic heterocycles. The van der Waals surface area contributed by atoms with Crippen molar-refractivity contribution in [1.82, 2.24) is 78.1 Å². The van der Waals surface area contributed by atoms with E-state index in [0.29, 0.717) is 107 Å². The van der Waals surface area contributed by atoms with Gasteiger partial charge in [0.15, 0.2) is 5.78 Å². The van der Waals surface area contributed by atoms with Crippen LogP contribution in [0.4, 0.5) is 44.2 Å². The van der Waals surface area contributed by atoms with Crippen LogP contribution in [0.1, 0.15) is 225 Å². The fourth-order valence-corrected chi connectivity index (χ4v) is 18.4. The summed E-state index contributed by atoms with van der Waals surface area (Å²) in [5.74, 6) is 2.30. The number of carbonyl (C=O) groups excluding carboxylic acids is 3. The lowest BCUT2D eigenvalue weighted by Crippen LogP contribution is -2.69. The summed E-state index contributed by atoms with van der Waals surface area (Å²) in [5.41, 5.74) is 7.69. The van der Waals surface area contributed by atoms with Gasteiger partial charge in [-0.2, -0.15) is 36.5 Å². The Morgan fingerprint density at radius 1 is 0.559 bits per heavy atom. The average Bonchev–Trinajstić information content (AvgIpc) is 0.985. The lowest BCUT2D eigenvalue weighted by molar-refractivity contribution is -0.199. The highest BCUT2D eigenvalue weighted by atomic mass is 19.4. The van der Waals surface area contributed by atoms with E-state index in [1.54, 1.807) is 50.3 Å². The van der Waals surface area contributed by atoms with E-state index in [4.69, 9.17) is 19.3 Å². The third kappa shape index (κ3) is 19.6. The van der Waals surface area contributed by atoms with Crippen molar-refractivity contribution < 1.29 is 70.3 Å². The first-order chi connectivity index (χ1) is 55.5. The van der Waals surface area contributed by atoms with Crippen molar-refractivity contribution in [3.63, 3.8) is 0 Å². The number of Topliss-reactive ketones (excluding diaryl/α,β-unsaturated/α-hetero) is 1. The number of likely N-dealkylation sites (N-methyl/N-ethyl adjacent to an activating group) is 1. The topological polar surface area (TPSA) is 312 Å². The number of halogens is 6. The molecule has 8 fully saturated rings. The standard InChI is InChI=1S/C28H36F3N7O3.C28H44N6O3.C27H35F3N6O3.CH4/c1-17(9-28(29,30)31)34-25-32-11-23-21(8-22(38(23)35-25)18-4-6-20(39)7-5-18)19-10-33-37(12-19)26(2,3)24(40)36-13-27(14-36)15-41-16-27;1-19(18-37-3)30-28-29-17-26-24(16-25(34(26)31-28)21-8-10-23(35)11-9-21)20-4-6-22(7-5-20)27(36)33-14-12-32(2)13-15-33;1-16(10-27(28,29)30)33-24-31-12-22-20(9-21(36(22)34-24)17-5-7-26(4,38)8-6-17)18-11-32-35(13-18)25(2,3)23(37)19-14-39-15-19;/h8,10-12,17-18,20,39H,4-7,9,13-16H2,1-3H3,(H,34,35);16-17,19-23,35H,4-15,18H2,1-3H3,(H,30,31);9,11-13,16-17,19,38H,5-8,10,14-15H2,1-4H3,(H,33,34);1H4/t17-,18?,20?;19-,20?,21?,22?,23?;16-,17?,26?;/m000./s1. The summed E-state index contributed by atoms with van der Waals surface area (Å²) in [5, 5.41) is 62.7. The van der Waals surface area contributed by atoms with E-state index < -0.39 is 54.0 Å². The van der Waals surface area contributed by atoms with Gasteiger partial charge in [-0.1, -0.05) is 7.43 Å². The van der Waals surface area contributed by atoms with Crippen molar-refractivity contribution >= 4 is 52.0 Å². The maximum atomic E-state index is 13.4. The third-order valence-electron chi connectivity index (χ3n) is 25.6. The van der Waals surface area contributed by atoms with Crippen LogP contribution >= 0.6 is 0 Å². The van der Waals surface area contributed by atoms with Gasteiger partial charge in [-0.25, -0.2) is 28.5 Å². The number of fused-ring (bicyclic) bond motifs is 3. The number of nitrogens with one attached hydrogen (secondary N) is 3. The number of carbonyl (C=O) groups is 3. The molecule has 8 aliphatic rings. The second-order valence-electron chi connectivity index (χ2n) is 36.0. The molecular formula is C84H119F6N19O9. The number of rotatable bonds is 22. The van der Waals surface area contributed by atoms with Crippen LogP contribution in [-0.4, -0.2) is 246 Å². The molecule has 0 radical (unpaired) electrons. The number of ether oxygens (including phenoxy) is 3. The van der Waals surface area contributed by atoms with Crippen molar-refractivity contribution in [2.24, 2.45) is 17.3 Å². The number of piperazine rings is 1. The van der Waals surface area contributed by atoms with Gasteiger partial charge in [-0.15, -0.1) is 15.3 Å². The number of alkyl halides is 6. The number of aromatic nitrogens is 13. The maximum absolute atomic E-state index is 13.4. The summed E-state index contributed by atoms with van der Waals surface area (Å²) in [7, 11) is 3.82. The number of ketones is 1. The molecule has 0 unspecified atom stereocenters. The molecule has 8 aromatic rings. The fourth-order valence-electron chi connectivity index (χ4n) is 18.4. The molecule has 28 nitrogen and oxygen atoms in total. The molecule has 4 saturated carbocycles. The van der Waals surface area contributed by atoms with Crippen molar-refractivity contribution in [2.75, 3.05) is 102 Å². The quantitative estimate of drug-likeness (QED) is 0.0343. The van der Waals surface area contributed by atoms with E-state index in [1.807, 2.05) is 70.2 Å². The van der Waals surface area contributed by atoms with Gasteiger partial charge >= 0.3 is 12.4 Å². The molecule has 2 amide bonds. The molecule has 118 heavy (non-hydrogen) atoms. The van der Waals surface area contributed by atoms with Crippen LogP contribution in [0, 0.1) is 17.3 Å². The van der Waals surface area contributed by atoms with Crippen LogP contribution in [-0.2, 0) is 39.7 Å². The predicted molar refractivity (Wildman–Crippen MR) is 433 cm³/mol. The number of hydrogen-bond acceptors (Lipinski definition) is 21. The Bertz CT molecular complexity index is 4760. The van der Waals surface area contributed by atoms with E-state index in [9.17, 15) is 56.0 Å². The van der Waals surface area contributed by atoms with Crippen LogP contribution in [0.25, 0.3) is 38.8 Å². The minimum absolute atomic E-state index is 0. The van der Waals surface area contributed by atoms with Gasteiger partial charge in [0.2, 0.25) is 29.7 Å². The molecule has 4 saturated heterocycles. The summed E-state index contributed by atoms with van der Waals surface area (Å²) in [4.78, 5) is 59.1. The normalized spacial score (nSPS) is 24.8. The van der Waals surface area contributed by atoms with Crippen molar-refractivity contribution in [3.05, 3.63) is 84.2 Å². The summed E-state index contributed by atoms with van der Waals surface area (Å²) < 4.78 is 102. The zero-order valence-electron chi connectivity index (χ0n) is 68.8. The Balaban J connectivity index is 0.000000153. The number of methoxy groups -OCH3 is 1. The van der Waals surface area contributed by atoms with Crippen LogP contribution in [0.5, 0.6) is 0 Å². The number of anilines is 3. The van der Waals surface area contributed by atoms with E-state index in [1.165, 1.54) is 25.1 Å². The molecule has 8 aromatic heterocycles. The highest BCUT2D eigenvalue weighted by Crippen LogP contribution is 2.46. The van der Waals surface area contributed by atoms with E-state index in [-0.39, 0.29) is 78.4 Å². The number of hydrogen-bond donors (Lipinski definition) is 6. The first-order valence-corrected chi connectivity index (χ1v) is 41.7. The van der Waals surface area contributed by atoms with Gasteiger partial charge in [0, 0.05) is 140 Å². The van der Waals surface area contributed by atoms with E-state index in [0.717, 1.165) is 142 Å². The van der Waals surface area contributed by atoms with Gasteiger partial charge in [0.1, 0.15) is 11.1 Å². The first kappa shape index (κ1) is 87.4. The van der Waals surface area contributed by atoms with Crippen molar-refractivity contribution in [3.8, 4) is 22.3 Å². The molecule has 12 heterocycles. The summed E-state index contributed by atoms with van der Waals surface area (Å²) >= 11 is 0. The molecule has 646 valence electrons. The number of amides is 2. The smallest absolute Gasteiger partial charge is 0.391 e. The van der Waals surface area contributed by atoms with Crippen LogP contribution in [0.3, 0.4) is 0 Å². The number of nitrogens with zero attached hydrogens (tertiary/aromatic N) is 16. The molecule has 1 spiro atoms. The van der Waals surface area contributed by atoms with Gasteiger partial charge in [0.05, 0.1) is 123 Å². The SMILES string of the molecule is C.COC[C@H](C)Nc1ncc2c(C3CCC(C(=O)N4CCN(C)CC4)CC3)cc(C3CCC(O)CC3)n2n1.C[C@@H](CC(F)(F)F)Nc1ncc2c(-c3cnn(C(C)(C)C(=O)C4COC4)c3)cc(C3CCC(C)(O)CC3)n2n1.C[C@@H](CC(F)(F)F)Nc1ncc2c(-c3cnn(C(C)(C)C(=O)N4CC5(COC5)C4)c3)cc(C3CCC(O)CC3)n2n1. The molecule has 0 bridgehead atoms. The molecule has 0 aromatic carbocycles. The molecule has 34 heteroatoms. The Kier molecular flexibility index (Phi) is 26.2. The molecule has 4 aliphatic carbocycles. The number of aliphatic hydroxyl groups is 3. The van der Waals surface area contributed by atoms with Crippen molar-refractivity contribution in [1.29, 1.82) is 0 Å². The van der Waals surface area contributed by atoms with Crippen LogP contribution in [0.2, 0.25) is 0 Å². The maximum Gasteiger partial charge on any atom is 0.391 e. The molecular weight excluding hydrogens is 1530 g/mol. The summed E-state index contributed by atoms with van der Waals surface area (Å²) in [6, 6.07) is 4.73. The lowest BCUT2D eigenvalue weighted by Gasteiger charge is -2.56. The zero-order valence-corrected chi connectivity index (χ0v) is 68.8. The van der Waals surface area contributed by atoms with Gasteiger partial charge < -0.3 is 60.2 Å². The Labute approximate surface area is 684 Å². The second kappa shape index (κ2) is 35.3. The minimum Gasteiger partial charge on any atom is -0.393 e. The second-order valence-corrected chi connectivity index (χ2v) is 36.0. The molecule has 16 rings (SSSR count). The summed E-state index contributed by atoms with van der Waals surface area (Å²) in [6.07, 6.45) is 14.4. The minimum atomic E-state index is -4.30. The molecule has 6 N–H and O–H groups in total. The Hall–Kier alpha value is -8.41.